The second-order valence-electron chi connectivity index (χ2n) is 5.85. The van der Waals surface area contributed by atoms with Gasteiger partial charge in [-0.1, -0.05) is 0 Å². The van der Waals surface area contributed by atoms with Crippen molar-refractivity contribution in [2.24, 2.45) is 0 Å². The third kappa shape index (κ3) is 7.04. The molecule has 0 aliphatic rings. The van der Waals surface area contributed by atoms with Crippen molar-refractivity contribution in [2.75, 3.05) is 12.4 Å². The molecular weight excluding hydrogens is 417 g/mol. The van der Waals surface area contributed by atoms with Crippen molar-refractivity contribution in [3.8, 4) is 17.2 Å². The van der Waals surface area contributed by atoms with Crippen LogP contribution in [0.25, 0.3) is 0 Å². The van der Waals surface area contributed by atoms with E-state index in [2.05, 4.69) is 4.74 Å². The topological polar surface area (TPSA) is 110 Å². The molecule has 2 rings (SSSR count). The van der Waals surface area contributed by atoms with Crippen LogP contribution in [0.1, 0.15) is 6.42 Å². The number of halogens is 3. The Labute approximate surface area is 164 Å². The highest BCUT2D eigenvalue weighted by atomic mass is 32.2. The van der Waals surface area contributed by atoms with E-state index in [9.17, 15) is 31.5 Å². The van der Waals surface area contributed by atoms with Gasteiger partial charge in [0.25, 0.3) is 0 Å². The smallest absolute Gasteiger partial charge is 0.457 e. The molecule has 0 saturated carbocycles. The van der Waals surface area contributed by atoms with Gasteiger partial charge in [0.1, 0.15) is 29.1 Å². The lowest BCUT2D eigenvalue weighted by molar-refractivity contribution is -0.274. The van der Waals surface area contributed by atoms with Gasteiger partial charge in [0.2, 0.25) is 0 Å². The molecule has 2 aromatic rings. The maximum atomic E-state index is 12.2. The van der Waals surface area contributed by atoms with Gasteiger partial charge in [-0.05, 0) is 48.5 Å². The lowest BCUT2D eigenvalue weighted by Crippen LogP contribution is -2.28. The molecule has 0 fully saturated rings. The van der Waals surface area contributed by atoms with Crippen LogP contribution in [-0.2, 0) is 14.6 Å². The Hall–Kier alpha value is -2.63. The van der Waals surface area contributed by atoms with Crippen LogP contribution in [0.2, 0.25) is 0 Å². The summed E-state index contributed by atoms with van der Waals surface area (Å²) >= 11 is 0. The van der Waals surface area contributed by atoms with E-state index >= 15 is 0 Å². The Bertz CT molecular complexity index is 923. The zero-order valence-electron chi connectivity index (χ0n) is 14.8. The third-order valence-electron chi connectivity index (χ3n) is 3.58. The summed E-state index contributed by atoms with van der Waals surface area (Å²) in [4.78, 5) is 11.5. The molecule has 0 saturated heterocycles. The summed E-state index contributed by atoms with van der Waals surface area (Å²) in [7, 11) is -4.01. The number of hydrogen-bond acceptors (Lipinski definition) is 7. The number of Topliss-reactive ketones (excluding diaryl/α,β-unsaturated/α-hetero) is 1. The number of aliphatic hydroxyl groups excluding tert-OH is 2. The minimum atomic E-state index is -4.81. The van der Waals surface area contributed by atoms with Crippen LogP contribution in [0.15, 0.2) is 53.4 Å². The first-order valence-electron chi connectivity index (χ1n) is 8.18. The quantitative estimate of drug-likeness (QED) is 0.624. The van der Waals surface area contributed by atoms with Gasteiger partial charge in [0, 0.05) is 13.0 Å². The predicted octanol–water partition coefficient (Wildman–Crippen LogP) is 2.46. The molecule has 158 valence electrons. The van der Waals surface area contributed by atoms with E-state index < -0.39 is 46.2 Å². The fourth-order valence-corrected chi connectivity index (χ4v) is 3.49. The van der Waals surface area contributed by atoms with E-state index in [1.165, 1.54) is 36.4 Å². The number of benzene rings is 2. The number of aliphatic hydroxyl groups is 2. The summed E-state index contributed by atoms with van der Waals surface area (Å²) < 4.78 is 70.0. The maximum Gasteiger partial charge on any atom is 0.573 e. The highest BCUT2D eigenvalue weighted by molar-refractivity contribution is 7.92. The molecular formula is C18H17F3O7S. The van der Waals surface area contributed by atoms with Gasteiger partial charge in [0.05, 0.1) is 4.90 Å². The van der Waals surface area contributed by atoms with Crippen LogP contribution in [0.4, 0.5) is 13.2 Å². The van der Waals surface area contributed by atoms with Gasteiger partial charge < -0.3 is 19.7 Å². The normalized spacial score (nSPS) is 13.0. The molecule has 0 heterocycles. The maximum absolute atomic E-state index is 12.2. The van der Waals surface area contributed by atoms with E-state index in [0.717, 1.165) is 12.1 Å². The molecule has 0 aliphatic carbocycles. The lowest BCUT2D eigenvalue weighted by atomic mass is 10.2. The SMILES string of the molecule is O=C(CS(=O)(=O)c1ccc(Oc2ccc(OC(F)(F)F)cc2)cc1)[C@H](O)CCO. The van der Waals surface area contributed by atoms with Crippen LogP contribution >= 0.6 is 0 Å². The molecule has 0 bridgehead atoms. The lowest BCUT2D eigenvalue weighted by Gasteiger charge is -2.11. The second kappa shape index (κ2) is 9.25. The zero-order valence-corrected chi connectivity index (χ0v) is 15.6. The first kappa shape index (κ1) is 22.7. The molecule has 0 unspecified atom stereocenters. The van der Waals surface area contributed by atoms with Crippen molar-refractivity contribution in [3.05, 3.63) is 48.5 Å². The largest absolute Gasteiger partial charge is 0.573 e. The van der Waals surface area contributed by atoms with Crippen LogP contribution in [0.5, 0.6) is 17.2 Å². The van der Waals surface area contributed by atoms with Crippen molar-refractivity contribution in [2.45, 2.75) is 23.8 Å². The van der Waals surface area contributed by atoms with Crippen molar-refractivity contribution in [3.63, 3.8) is 0 Å². The molecule has 1 atom stereocenters. The van der Waals surface area contributed by atoms with Gasteiger partial charge in [0.15, 0.2) is 15.6 Å². The Kier molecular flexibility index (Phi) is 7.22. The first-order chi connectivity index (χ1) is 13.5. The third-order valence-corrected chi connectivity index (χ3v) is 5.24. The first-order valence-corrected chi connectivity index (χ1v) is 9.83. The second-order valence-corrected chi connectivity index (χ2v) is 7.84. The molecule has 29 heavy (non-hydrogen) atoms. The summed E-state index contributed by atoms with van der Waals surface area (Å²) in [6.45, 7) is -0.456. The van der Waals surface area contributed by atoms with Gasteiger partial charge in [-0.3, -0.25) is 4.79 Å². The average molecular weight is 434 g/mol. The monoisotopic (exact) mass is 434 g/mol. The number of sulfone groups is 1. The number of ether oxygens (including phenoxy) is 2. The van der Waals surface area contributed by atoms with Gasteiger partial charge in [-0.15, -0.1) is 13.2 Å². The Morgan fingerprint density at radius 1 is 0.966 bits per heavy atom. The molecule has 2 N–H and O–H groups in total. The van der Waals surface area contributed by atoms with Crippen LogP contribution < -0.4 is 9.47 Å². The fourth-order valence-electron chi connectivity index (χ4n) is 2.21. The van der Waals surface area contributed by atoms with Gasteiger partial charge in [-0.25, -0.2) is 8.42 Å². The van der Waals surface area contributed by atoms with E-state index in [0.29, 0.717) is 0 Å². The summed E-state index contributed by atoms with van der Waals surface area (Å²) in [6, 6.07) is 9.61. The number of rotatable bonds is 9. The molecule has 0 spiro atoms. The average Bonchev–Trinajstić information content (AvgIpc) is 2.62. The minimum absolute atomic E-state index is 0.177. The molecule has 0 radical (unpaired) electrons. The molecule has 0 amide bonds. The molecule has 7 nitrogen and oxygen atoms in total. The summed E-state index contributed by atoms with van der Waals surface area (Å²) in [5, 5.41) is 18.1. The van der Waals surface area contributed by atoms with Crippen molar-refractivity contribution in [1.82, 2.24) is 0 Å². The van der Waals surface area contributed by atoms with E-state index in [-0.39, 0.29) is 22.8 Å². The van der Waals surface area contributed by atoms with Crippen molar-refractivity contribution >= 4 is 15.6 Å². The molecule has 0 aliphatic heterocycles. The summed E-state index contributed by atoms with van der Waals surface area (Å²) in [6.07, 6.45) is -6.63. The molecule has 11 heteroatoms. The standard InChI is InChI=1S/C18H17F3O7S/c19-18(20,21)28-14-3-1-12(2-4-14)27-13-5-7-15(8-6-13)29(25,26)11-17(24)16(23)9-10-22/h1-8,16,22-23H,9-11H2/t16-/m1/s1. The van der Waals surface area contributed by atoms with Crippen molar-refractivity contribution in [1.29, 1.82) is 0 Å². The fraction of sp³-hybridized carbons (Fsp3) is 0.278. The van der Waals surface area contributed by atoms with Crippen molar-refractivity contribution < 1.29 is 46.1 Å². The van der Waals surface area contributed by atoms with E-state index in [4.69, 9.17) is 9.84 Å². The van der Waals surface area contributed by atoms with Crippen LogP contribution in [0, 0.1) is 0 Å². The summed E-state index contributed by atoms with van der Waals surface area (Å²) in [5.41, 5.74) is 0. The van der Waals surface area contributed by atoms with E-state index in [1.54, 1.807) is 0 Å². The number of ketones is 1. The number of hydrogen-bond donors (Lipinski definition) is 2. The van der Waals surface area contributed by atoms with Gasteiger partial charge in [-0.2, -0.15) is 0 Å². The van der Waals surface area contributed by atoms with Crippen LogP contribution in [-0.4, -0.2) is 49.2 Å². The number of alkyl halides is 3. The Balaban J connectivity index is 2.03. The highest BCUT2D eigenvalue weighted by Gasteiger charge is 2.31. The number of carbonyl (C=O) groups excluding carboxylic acids is 1. The van der Waals surface area contributed by atoms with Crippen LogP contribution in [0.3, 0.4) is 0 Å². The Morgan fingerprint density at radius 2 is 1.45 bits per heavy atom. The number of carbonyl (C=O) groups is 1. The predicted molar refractivity (Wildman–Crippen MR) is 94.4 cm³/mol. The zero-order chi connectivity index (χ0) is 21.7. The van der Waals surface area contributed by atoms with Gasteiger partial charge >= 0.3 is 6.36 Å². The summed E-state index contributed by atoms with van der Waals surface area (Å²) in [5.74, 6) is -1.87. The molecule has 0 aromatic heterocycles. The minimum Gasteiger partial charge on any atom is -0.457 e. The Morgan fingerprint density at radius 3 is 1.93 bits per heavy atom. The molecule has 2 aromatic carbocycles. The van der Waals surface area contributed by atoms with E-state index in [1.807, 2.05) is 0 Å². The highest BCUT2D eigenvalue weighted by Crippen LogP contribution is 2.28.